The van der Waals surface area contributed by atoms with Crippen LogP contribution in [0.15, 0.2) is 41.3 Å². The minimum atomic E-state index is -0.110. The third kappa shape index (κ3) is 3.14. The molecule has 0 radical (unpaired) electrons. The standard InChI is InChI=1S/C21H25N3O3/c1-15-12-19-18(13-22-24(19)21(2)8-10-27-11-9-21)20(25)23(15)14-16-4-6-17(26-3)7-5-16/h4-7,12-13H,8-11,14H2,1-3H3. The zero-order chi connectivity index (χ0) is 19.0. The molecular formula is C21H25N3O3. The average molecular weight is 367 g/mol. The Morgan fingerprint density at radius 2 is 1.93 bits per heavy atom. The fourth-order valence-corrected chi connectivity index (χ4v) is 3.81. The van der Waals surface area contributed by atoms with Crippen LogP contribution >= 0.6 is 0 Å². The topological polar surface area (TPSA) is 58.3 Å². The molecule has 3 heterocycles. The Labute approximate surface area is 158 Å². The number of methoxy groups -OCH3 is 1. The van der Waals surface area contributed by atoms with Crippen molar-refractivity contribution >= 4 is 10.9 Å². The monoisotopic (exact) mass is 367 g/mol. The van der Waals surface area contributed by atoms with Crippen LogP contribution in [0, 0.1) is 6.92 Å². The van der Waals surface area contributed by atoms with E-state index in [1.807, 2.05) is 40.4 Å². The van der Waals surface area contributed by atoms with Crippen molar-refractivity contribution in [2.75, 3.05) is 20.3 Å². The second-order valence-electron chi connectivity index (χ2n) is 7.49. The summed E-state index contributed by atoms with van der Waals surface area (Å²) >= 11 is 0. The maximum atomic E-state index is 13.1. The zero-order valence-corrected chi connectivity index (χ0v) is 16.1. The molecule has 0 N–H and O–H groups in total. The van der Waals surface area contributed by atoms with Gasteiger partial charge in [0.05, 0.1) is 36.3 Å². The maximum Gasteiger partial charge on any atom is 0.262 e. The van der Waals surface area contributed by atoms with Gasteiger partial charge in [-0.2, -0.15) is 5.10 Å². The van der Waals surface area contributed by atoms with Crippen molar-refractivity contribution in [3.05, 3.63) is 58.1 Å². The molecular weight excluding hydrogens is 342 g/mol. The molecule has 6 nitrogen and oxygen atoms in total. The summed E-state index contributed by atoms with van der Waals surface area (Å²) < 4.78 is 14.5. The highest BCUT2D eigenvalue weighted by Crippen LogP contribution is 2.31. The Balaban J connectivity index is 1.74. The molecule has 0 spiro atoms. The number of nitrogens with zero attached hydrogens (tertiary/aromatic N) is 3. The number of aryl methyl sites for hydroxylation is 1. The lowest BCUT2D eigenvalue weighted by Crippen LogP contribution is -2.37. The quantitative estimate of drug-likeness (QED) is 0.711. The first-order valence-corrected chi connectivity index (χ1v) is 9.31. The highest BCUT2D eigenvalue weighted by Gasteiger charge is 2.31. The molecule has 0 atom stereocenters. The third-order valence-electron chi connectivity index (χ3n) is 5.63. The molecule has 27 heavy (non-hydrogen) atoms. The van der Waals surface area contributed by atoms with Crippen LogP contribution in [0.1, 0.15) is 31.0 Å². The molecule has 1 fully saturated rings. The van der Waals surface area contributed by atoms with Crippen LogP contribution < -0.4 is 10.3 Å². The molecule has 1 saturated heterocycles. The number of rotatable bonds is 4. The highest BCUT2D eigenvalue weighted by molar-refractivity contribution is 5.78. The zero-order valence-electron chi connectivity index (χ0n) is 16.1. The van der Waals surface area contributed by atoms with Gasteiger partial charge in [-0.15, -0.1) is 0 Å². The van der Waals surface area contributed by atoms with Crippen LogP contribution in [0.25, 0.3) is 10.9 Å². The first-order chi connectivity index (χ1) is 13.0. The normalized spacial score (nSPS) is 16.6. The number of hydrogen-bond acceptors (Lipinski definition) is 4. The van der Waals surface area contributed by atoms with Gasteiger partial charge in [0, 0.05) is 18.9 Å². The molecule has 1 aliphatic heterocycles. The van der Waals surface area contributed by atoms with Crippen LogP contribution in [0.2, 0.25) is 0 Å². The van der Waals surface area contributed by atoms with Gasteiger partial charge >= 0.3 is 0 Å². The molecule has 142 valence electrons. The minimum absolute atomic E-state index is 0.00253. The van der Waals surface area contributed by atoms with Crippen LogP contribution in [0.4, 0.5) is 0 Å². The number of hydrogen-bond donors (Lipinski definition) is 0. The molecule has 0 amide bonds. The van der Waals surface area contributed by atoms with Crippen molar-refractivity contribution in [3.63, 3.8) is 0 Å². The Kier molecular flexibility index (Phi) is 4.52. The smallest absolute Gasteiger partial charge is 0.262 e. The predicted molar refractivity (Wildman–Crippen MR) is 105 cm³/mol. The Bertz CT molecular complexity index is 1010. The van der Waals surface area contributed by atoms with E-state index in [-0.39, 0.29) is 11.1 Å². The molecule has 0 aliphatic carbocycles. The van der Waals surface area contributed by atoms with Crippen LogP contribution in [0.5, 0.6) is 5.75 Å². The van der Waals surface area contributed by atoms with E-state index in [1.54, 1.807) is 13.3 Å². The number of fused-ring (bicyclic) bond motifs is 1. The summed E-state index contributed by atoms with van der Waals surface area (Å²) in [6.45, 7) is 6.16. The van der Waals surface area contributed by atoms with Crippen molar-refractivity contribution in [3.8, 4) is 5.75 Å². The number of pyridine rings is 1. The van der Waals surface area contributed by atoms with Crippen molar-refractivity contribution in [1.82, 2.24) is 14.3 Å². The Morgan fingerprint density at radius 3 is 2.59 bits per heavy atom. The average Bonchev–Trinajstić information content (AvgIpc) is 3.11. The van der Waals surface area contributed by atoms with Gasteiger partial charge in [-0.3, -0.25) is 9.48 Å². The lowest BCUT2D eigenvalue weighted by molar-refractivity contribution is 0.0261. The van der Waals surface area contributed by atoms with E-state index in [1.165, 1.54) is 0 Å². The van der Waals surface area contributed by atoms with Gasteiger partial charge in [0.2, 0.25) is 0 Å². The lowest BCUT2D eigenvalue weighted by Gasteiger charge is -2.34. The van der Waals surface area contributed by atoms with Gasteiger partial charge in [-0.05, 0) is 50.5 Å². The van der Waals surface area contributed by atoms with E-state index in [0.717, 1.165) is 48.6 Å². The van der Waals surface area contributed by atoms with Gasteiger partial charge in [-0.1, -0.05) is 12.1 Å². The number of benzene rings is 1. The maximum absolute atomic E-state index is 13.1. The first-order valence-electron chi connectivity index (χ1n) is 9.31. The van der Waals surface area contributed by atoms with Gasteiger partial charge in [0.1, 0.15) is 5.75 Å². The highest BCUT2D eigenvalue weighted by atomic mass is 16.5. The largest absolute Gasteiger partial charge is 0.497 e. The summed E-state index contributed by atoms with van der Waals surface area (Å²) in [6.07, 6.45) is 3.51. The van der Waals surface area contributed by atoms with Crippen molar-refractivity contribution < 1.29 is 9.47 Å². The number of aromatic nitrogens is 3. The van der Waals surface area contributed by atoms with Crippen molar-refractivity contribution in [1.29, 1.82) is 0 Å². The molecule has 1 aromatic carbocycles. The van der Waals surface area contributed by atoms with Crippen LogP contribution in [-0.2, 0) is 16.8 Å². The van der Waals surface area contributed by atoms with Gasteiger partial charge in [0.25, 0.3) is 5.56 Å². The second-order valence-corrected chi connectivity index (χ2v) is 7.49. The summed E-state index contributed by atoms with van der Waals surface area (Å²) in [4.78, 5) is 13.1. The fourth-order valence-electron chi connectivity index (χ4n) is 3.81. The first kappa shape index (κ1) is 17.8. The summed E-state index contributed by atoms with van der Waals surface area (Å²) in [5.74, 6) is 0.809. The van der Waals surface area contributed by atoms with Gasteiger partial charge < -0.3 is 14.0 Å². The lowest BCUT2D eigenvalue weighted by atomic mass is 9.92. The molecule has 0 saturated carbocycles. The van der Waals surface area contributed by atoms with Crippen LogP contribution in [0.3, 0.4) is 0 Å². The van der Waals surface area contributed by atoms with Gasteiger partial charge in [0.15, 0.2) is 0 Å². The van der Waals surface area contributed by atoms with E-state index in [0.29, 0.717) is 11.9 Å². The van der Waals surface area contributed by atoms with E-state index < -0.39 is 0 Å². The van der Waals surface area contributed by atoms with Gasteiger partial charge in [-0.25, -0.2) is 0 Å². The van der Waals surface area contributed by atoms with Crippen LogP contribution in [-0.4, -0.2) is 34.7 Å². The van der Waals surface area contributed by atoms with E-state index in [2.05, 4.69) is 18.1 Å². The molecule has 6 heteroatoms. The van der Waals surface area contributed by atoms with Crippen molar-refractivity contribution in [2.24, 2.45) is 0 Å². The van der Waals surface area contributed by atoms with E-state index in [9.17, 15) is 4.79 Å². The summed E-state index contributed by atoms with van der Waals surface area (Å²) in [5.41, 5.74) is 2.79. The molecule has 2 aromatic heterocycles. The summed E-state index contributed by atoms with van der Waals surface area (Å²) in [6, 6.07) is 9.88. The summed E-state index contributed by atoms with van der Waals surface area (Å²) in [7, 11) is 1.65. The molecule has 1 aliphatic rings. The Hall–Kier alpha value is -2.60. The Morgan fingerprint density at radius 1 is 1.22 bits per heavy atom. The predicted octanol–water partition coefficient (Wildman–Crippen LogP) is 3.09. The molecule has 0 bridgehead atoms. The fraction of sp³-hybridized carbons (Fsp3) is 0.429. The molecule has 4 rings (SSSR count). The number of ether oxygens (including phenoxy) is 2. The SMILES string of the molecule is COc1ccc(Cn2c(C)cc3c(cnn3C3(C)CCOCC3)c2=O)cc1. The second kappa shape index (κ2) is 6.85. The molecule has 0 unspecified atom stereocenters. The minimum Gasteiger partial charge on any atom is -0.497 e. The third-order valence-corrected chi connectivity index (χ3v) is 5.63. The van der Waals surface area contributed by atoms with Crippen molar-refractivity contribution in [2.45, 2.75) is 38.8 Å². The van der Waals surface area contributed by atoms with E-state index in [4.69, 9.17) is 9.47 Å². The van der Waals surface area contributed by atoms with E-state index >= 15 is 0 Å². The molecule has 3 aromatic rings. The summed E-state index contributed by atoms with van der Waals surface area (Å²) in [5, 5.41) is 5.26.